The highest BCUT2D eigenvalue weighted by Crippen LogP contribution is 2.27. The highest BCUT2D eigenvalue weighted by atomic mass is 79.9. The Balaban J connectivity index is 1.97. The van der Waals surface area contributed by atoms with Gasteiger partial charge in [0.05, 0.1) is 12.6 Å². The van der Waals surface area contributed by atoms with Gasteiger partial charge in [0.1, 0.15) is 0 Å². The molecule has 2 N–H and O–H groups in total. The SMILES string of the molecule is CC(NC(=O)N(CCO)C1CC1)c1cccc(Br)c1. The number of carbonyl (C=O) groups is 1. The van der Waals surface area contributed by atoms with Crippen molar-refractivity contribution in [2.75, 3.05) is 13.2 Å². The number of nitrogens with one attached hydrogen (secondary N) is 1. The molecular formula is C14H19BrN2O2. The molecule has 0 aliphatic heterocycles. The Morgan fingerprint density at radius 1 is 1.58 bits per heavy atom. The number of hydrogen-bond donors (Lipinski definition) is 2. The molecule has 0 spiro atoms. The molecule has 19 heavy (non-hydrogen) atoms. The first-order valence-electron chi connectivity index (χ1n) is 6.55. The second-order valence-electron chi connectivity index (χ2n) is 4.87. The molecule has 1 aliphatic carbocycles. The second-order valence-corrected chi connectivity index (χ2v) is 5.79. The highest BCUT2D eigenvalue weighted by Gasteiger charge is 2.32. The third kappa shape index (κ3) is 3.94. The number of aliphatic hydroxyl groups is 1. The van der Waals surface area contributed by atoms with Gasteiger partial charge in [0.2, 0.25) is 0 Å². The predicted molar refractivity (Wildman–Crippen MR) is 77.9 cm³/mol. The molecule has 5 heteroatoms. The van der Waals surface area contributed by atoms with Gasteiger partial charge in [0.25, 0.3) is 0 Å². The first-order chi connectivity index (χ1) is 9.11. The van der Waals surface area contributed by atoms with Crippen molar-refractivity contribution in [1.29, 1.82) is 0 Å². The van der Waals surface area contributed by atoms with Crippen LogP contribution in [-0.4, -0.2) is 35.2 Å². The molecular weight excluding hydrogens is 308 g/mol. The molecule has 0 radical (unpaired) electrons. The minimum absolute atomic E-state index is 0.00911. The molecule has 0 saturated heterocycles. The summed E-state index contributed by atoms with van der Waals surface area (Å²) in [5.74, 6) is 0. The average molecular weight is 327 g/mol. The maximum absolute atomic E-state index is 12.2. The molecule has 0 bridgehead atoms. The third-order valence-corrected chi connectivity index (χ3v) is 3.77. The van der Waals surface area contributed by atoms with Gasteiger partial charge in [0, 0.05) is 17.1 Å². The minimum Gasteiger partial charge on any atom is -0.395 e. The number of hydrogen-bond acceptors (Lipinski definition) is 2. The van der Waals surface area contributed by atoms with Crippen molar-refractivity contribution in [1.82, 2.24) is 10.2 Å². The molecule has 0 aromatic heterocycles. The van der Waals surface area contributed by atoms with E-state index in [1.807, 2.05) is 31.2 Å². The van der Waals surface area contributed by atoms with Crippen LogP contribution in [0.4, 0.5) is 4.79 Å². The Hall–Kier alpha value is -1.07. The Labute approximate surface area is 121 Å². The van der Waals surface area contributed by atoms with Crippen LogP contribution < -0.4 is 5.32 Å². The lowest BCUT2D eigenvalue weighted by molar-refractivity contribution is 0.171. The van der Waals surface area contributed by atoms with Crippen molar-refractivity contribution in [3.63, 3.8) is 0 Å². The van der Waals surface area contributed by atoms with Gasteiger partial charge >= 0.3 is 6.03 Å². The summed E-state index contributed by atoms with van der Waals surface area (Å²) >= 11 is 3.43. The van der Waals surface area contributed by atoms with Crippen LogP contribution in [0.15, 0.2) is 28.7 Å². The van der Waals surface area contributed by atoms with E-state index in [9.17, 15) is 4.79 Å². The number of aliphatic hydroxyl groups excluding tert-OH is 1. The molecule has 1 unspecified atom stereocenters. The van der Waals surface area contributed by atoms with Crippen LogP contribution in [-0.2, 0) is 0 Å². The van der Waals surface area contributed by atoms with Crippen LogP contribution in [0.3, 0.4) is 0 Å². The number of benzene rings is 1. The lowest BCUT2D eigenvalue weighted by Crippen LogP contribution is -2.43. The zero-order chi connectivity index (χ0) is 13.8. The standard InChI is InChI=1S/C14H19BrN2O2/c1-10(11-3-2-4-12(15)9-11)16-14(19)17(7-8-18)13-5-6-13/h2-4,9-10,13,18H,5-8H2,1H3,(H,16,19). The van der Waals surface area contributed by atoms with Crippen molar-refractivity contribution >= 4 is 22.0 Å². The lowest BCUT2D eigenvalue weighted by Gasteiger charge is -2.24. The molecule has 2 rings (SSSR count). The average Bonchev–Trinajstić information content (AvgIpc) is 3.20. The van der Waals surface area contributed by atoms with E-state index in [1.54, 1.807) is 4.90 Å². The van der Waals surface area contributed by atoms with Crippen molar-refractivity contribution < 1.29 is 9.90 Å². The molecule has 0 heterocycles. The van der Waals surface area contributed by atoms with Crippen LogP contribution in [0.25, 0.3) is 0 Å². The first-order valence-corrected chi connectivity index (χ1v) is 7.34. The molecule has 104 valence electrons. The molecule has 1 aromatic rings. The zero-order valence-electron chi connectivity index (χ0n) is 11.0. The molecule has 1 atom stereocenters. The quantitative estimate of drug-likeness (QED) is 0.874. The normalized spacial score (nSPS) is 15.9. The fraction of sp³-hybridized carbons (Fsp3) is 0.500. The Kier molecular flexibility index (Phi) is 4.82. The topological polar surface area (TPSA) is 52.6 Å². The predicted octanol–water partition coefficient (Wildman–Crippen LogP) is 2.68. The lowest BCUT2D eigenvalue weighted by atomic mass is 10.1. The number of halogens is 1. The van der Waals surface area contributed by atoms with Gasteiger partial charge in [-0.3, -0.25) is 0 Å². The molecule has 1 saturated carbocycles. The number of urea groups is 1. The van der Waals surface area contributed by atoms with Crippen molar-refractivity contribution in [3.05, 3.63) is 34.3 Å². The zero-order valence-corrected chi connectivity index (χ0v) is 12.6. The van der Waals surface area contributed by atoms with Gasteiger partial charge in [-0.25, -0.2) is 4.79 Å². The van der Waals surface area contributed by atoms with Crippen LogP contribution in [0.2, 0.25) is 0 Å². The second kappa shape index (κ2) is 6.39. The van der Waals surface area contributed by atoms with Gasteiger partial charge in [-0.1, -0.05) is 28.1 Å². The summed E-state index contributed by atoms with van der Waals surface area (Å²) in [6.45, 7) is 2.38. The Morgan fingerprint density at radius 3 is 2.89 bits per heavy atom. The minimum atomic E-state index is -0.0935. The van der Waals surface area contributed by atoms with Gasteiger partial charge in [-0.15, -0.1) is 0 Å². The van der Waals surface area contributed by atoms with E-state index < -0.39 is 0 Å². The molecule has 4 nitrogen and oxygen atoms in total. The van der Waals surface area contributed by atoms with Gasteiger partial charge < -0.3 is 15.3 Å². The number of amides is 2. The van der Waals surface area contributed by atoms with E-state index >= 15 is 0 Å². The summed E-state index contributed by atoms with van der Waals surface area (Å²) < 4.78 is 1.00. The van der Waals surface area contributed by atoms with Crippen molar-refractivity contribution in [2.45, 2.75) is 31.8 Å². The molecule has 1 fully saturated rings. The smallest absolute Gasteiger partial charge is 0.318 e. The fourth-order valence-corrected chi connectivity index (χ4v) is 2.49. The fourth-order valence-electron chi connectivity index (χ4n) is 2.07. The van der Waals surface area contributed by atoms with E-state index in [2.05, 4.69) is 21.2 Å². The summed E-state index contributed by atoms with van der Waals surface area (Å²) in [5.41, 5.74) is 1.06. The van der Waals surface area contributed by atoms with Crippen LogP contribution in [0.5, 0.6) is 0 Å². The summed E-state index contributed by atoms with van der Waals surface area (Å²) in [4.78, 5) is 13.9. The van der Waals surface area contributed by atoms with Crippen LogP contribution >= 0.6 is 15.9 Å². The Morgan fingerprint density at radius 2 is 2.32 bits per heavy atom. The summed E-state index contributed by atoms with van der Waals surface area (Å²) in [5, 5.41) is 12.0. The van der Waals surface area contributed by atoms with E-state index in [1.165, 1.54) is 0 Å². The van der Waals surface area contributed by atoms with Crippen molar-refractivity contribution in [3.8, 4) is 0 Å². The third-order valence-electron chi connectivity index (χ3n) is 3.28. The van der Waals surface area contributed by atoms with E-state index in [4.69, 9.17) is 5.11 Å². The molecule has 1 aliphatic rings. The van der Waals surface area contributed by atoms with Gasteiger partial charge in [-0.2, -0.15) is 0 Å². The number of carbonyl (C=O) groups excluding carboxylic acids is 1. The first kappa shape index (κ1) is 14.3. The maximum Gasteiger partial charge on any atom is 0.318 e. The molecule has 1 aromatic carbocycles. The van der Waals surface area contributed by atoms with Crippen LogP contribution in [0, 0.1) is 0 Å². The largest absolute Gasteiger partial charge is 0.395 e. The monoisotopic (exact) mass is 326 g/mol. The summed E-state index contributed by atoms with van der Waals surface area (Å²) in [6.07, 6.45) is 2.08. The van der Waals surface area contributed by atoms with Crippen molar-refractivity contribution in [2.24, 2.45) is 0 Å². The van der Waals surface area contributed by atoms with Gasteiger partial charge in [0.15, 0.2) is 0 Å². The van der Waals surface area contributed by atoms with Crippen LogP contribution in [0.1, 0.15) is 31.4 Å². The number of rotatable bonds is 5. The molecule has 2 amide bonds. The van der Waals surface area contributed by atoms with Gasteiger partial charge in [-0.05, 0) is 37.5 Å². The van der Waals surface area contributed by atoms with E-state index in [-0.39, 0.29) is 18.7 Å². The number of nitrogens with zero attached hydrogens (tertiary/aromatic N) is 1. The summed E-state index contributed by atoms with van der Waals surface area (Å²) in [7, 11) is 0. The van der Waals surface area contributed by atoms with E-state index in [0.717, 1.165) is 22.9 Å². The van der Waals surface area contributed by atoms with E-state index in [0.29, 0.717) is 12.6 Å². The summed E-state index contributed by atoms with van der Waals surface area (Å²) in [6, 6.07) is 8.06. The Bertz CT molecular complexity index is 449. The maximum atomic E-state index is 12.2. The highest BCUT2D eigenvalue weighted by molar-refractivity contribution is 9.10.